The zero-order valence-electron chi connectivity index (χ0n) is 16.9. The predicted molar refractivity (Wildman–Crippen MR) is 117 cm³/mol. The molecule has 0 fully saturated rings. The number of rotatable bonds is 10. The Hall–Kier alpha value is -3.40. The maximum absolute atomic E-state index is 12.7. The fourth-order valence-corrected chi connectivity index (χ4v) is 3.57. The minimum atomic E-state index is -1.41. The number of benzene rings is 2. The van der Waals surface area contributed by atoms with Crippen molar-refractivity contribution in [3.63, 3.8) is 0 Å². The van der Waals surface area contributed by atoms with Gasteiger partial charge in [0.2, 0.25) is 6.10 Å². The van der Waals surface area contributed by atoms with E-state index >= 15 is 0 Å². The summed E-state index contributed by atoms with van der Waals surface area (Å²) in [5, 5.41) is 14.6. The van der Waals surface area contributed by atoms with Crippen LogP contribution in [0.3, 0.4) is 0 Å². The van der Waals surface area contributed by atoms with Gasteiger partial charge in [0.05, 0.1) is 27.3 Å². The van der Waals surface area contributed by atoms with E-state index in [1.165, 1.54) is 18.2 Å². The number of carbonyl (C=O) groups is 2. The molecule has 0 spiro atoms. The Morgan fingerprint density at radius 1 is 1.23 bits per heavy atom. The number of hydrogen-bond acceptors (Lipinski definition) is 7. The van der Waals surface area contributed by atoms with Gasteiger partial charge >= 0.3 is 5.97 Å². The Balaban J connectivity index is 1.73. The molecule has 3 rings (SSSR count). The van der Waals surface area contributed by atoms with Crippen LogP contribution in [0, 0.1) is 10.1 Å². The summed E-state index contributed by atoms with van der Waals surface area (Å²) >= 11 is 1.13. The molecule has 1 heterocycles. The third-order valence-corrected chi connectivity index (χ3v) is 5.27. The van der Waals surface area contributed by atoms with Crippen LogP contribution in [0.1, 0.15) is 31.4 Å². The number of thioether (sulfide) groups is 1. The van der Waals surface area contributed by atoms with Gasteiger partial charge in [0, 0.05) is 12.6 Å². The van der Waals surface area contributed by atoms with Gasteiger partial charge in [-0.15, -0.1) is 0 Å². The van der Waals surface area contributed by atoms with Crippen LogP contribution < -0.4 is 5.32 Å². The highest BCUT2D eigenvalue weighted by Crippen LogP contribution is 2.28. The molecule has 162 valence electrons. The molecule has 0 aliphatic rings. The van der Waals surface area contributed by atoms with E-state index in [9.17, 15) is 19.7 Å². The summed E-state index contributed by atoms with van der Waals surface area (Å²) in [6.07, 6.45) is 0.192. The average Bonchev–Trinajstić information content (AvgIpc) is 3.19. The van der Waals surface area contributed by atoms with Crippen molar-refractivity contribution < 1.29 is 19.2 Å². The van der Waals surface area contributed by atoms with Crippen molar-refractivity contribution in [3.05, 3.63) is 64.2 Å². The van der Waals surface area contributed by atoms with E-state index in [0.717, 1.165) is 35.6 Å². The summed E-state index contributed by atoms with van der Waals surface area (Å²) in [5.41, 5.74) is 1.36. The average molecular weight is 442 g/mol. The highest BCUT2D eigenvalue weighted by molar-refractivity contribution is 7.99. The van der Waals surface area contributed by atoms with Crippen LogP contribution in [0.25, 0.3) is 11.0 Å². The summed E-state index contributed by atoms with van der Waals surface area (Å²) in [4.78, 5) is 43.5. The Labute approximate surface area is 182 Å². The van der Waals surface area contributed by atoms with Gasteiger partial charge in [-0.25, -0.2) is 4.98 Å². The van der Waals surface area contributed by atoms with Crippen LogP contribution in [0.4, 0.5) is 5.69 Å². The molecular weight excluding hydrogens is 420 g/mol. The first kappa shape index (κ1) is 22.3. The van der Waals surface area contributed by atoms with Gasteiger partial charge in [-0.05, 0) is 24.6 Å². The number of para-hydroxylation sites is 3. The number of amides is 1. The van der Waals surface area contributed by atoms with E-state index in [1.807, 2.05) is 31.2 Å². The van der Waals surface area contributed by atoms with Crippen LogP contribution in [-0.2, 0) is 14.3 Å². The SMILES string of the molecule is CCCCNC(=O)C(OC(=O)CSc1nc2ccccc2[nH]1)c1ccccc1[N+](=O)[O-]. The van der Waals surface area contributed by atoms with Gasteiger partial charge in [0.25, 0.3) is 11.6 Å². The number of unbranched alkanes of at least 4 members (excludes halogenated alkanes) is 1. The molecule has 10 heteroatoms. The summed E-state index contributed by atoms with van der Waals surface area (Å²) in [7, 11) is 0. The minimum absolute atomic E-state index is 0.0311. The number of hydrogen-bond donors (Lipinski definition) is 2. The molecule has 3 aromatic rings. The molecule has 0 aliphatic carbocycles. The number of aromatic amines is 1. The molecule has 0 saturated heterocycles. The zero-order valence-corrected chi connectivity index (χ0v) is 17.7. The number of esters is 1. The molecule has 1 amide bonds. The number of carbonyl (C=O) groups excluding carboxylic acids is 2. The Morgan fingerprint density at radius 2 is 1.97 bits per heavy atom. The van der Waals surface area contributed by atoms with Crippen LogP contribution in [0.15, 0.2) is 53.7 Å². The fraction of sp³-hybridized carbons (Fsp3) is 0.286. The van der Waals surface area contributed by atoms with Crippen LogP contribution in [0.5, 0.6) is 0 Å². The molecule has 0 saturated carbocycles. The smallest absolute Gasteiger partial charge is 0.317 e. The number of nitrogens with zero attached hydrogens (tertiary/aromatic N) is 2. The van der Waals surface area contributed by atoms with Gasteiger partial charge in [0.15, 0.2) is 5.16 Å². The lowest BCUT2D eigenvalue weighted by Gasteiger charge is -2.18. The standard InChI is InChI=1S/C21H22N4O5S/c1-2-3-12-22-20(27)19(14-8-4-7-11-17(14)25(28)29)30-18(26)13-31-21-23-15-9-5-6-10-16(15)24-21/h4-11,19H,2-3,12-13H2,1H3,(H,22,27)(H,23,24). The first-order chi connectivity index (χ1) is 15.0. The Bertz CT molecular complexity index is 1050. The van der Waals surface area contributed by atoms with Gasteiger partial charge in [-0.3, -0.25) is 19.7 Å². The van der Waals surface area contributed by atoms with Crippen LogP contribution >= 0.6 is 11.8 Å². The van der Waals surface area contributed by atoms with Gasteiger partial charge in [0.1, 0.15) is 0 Å². The van der Waals surface area contributed by atoms with E-state index < -0.39 is 22.9 Å². The molecule has 0 bridgehead atoms. The van der Waals surface area contributed by atoms with Crippen molar-refractivity contribution in [1.82, 2.24) is 15.3 Å². The lowest BCUT2D eigenvalue weighted by molar-refractivity contribution is -0.386. The summed E-state index contributed by atoms with van der Waals surface area (Å²) in [5.74, 6) is -1.39. The molecule has 0 radical (unpaired) electrons. The zero-order chi connectivity index (χ0) is 22.2. The number of nitro benzene ring substituents is 1. The number of fused-ring (bicyclic) bond motifs is 1. The molecule has 9 nitrogen and oxygen atoms in total. The molecule has 1 atom stereocenters. The Morgan fingerprint density at radius 3 is 2.71 bits per heavy atom. The lowest BCUT2D eigenvalue weighted by atomic mass is 10.1. The monoisotopic (exact) mass is 442 g/mol. The molecule has 1 unspecified atom stereocenters. The molecule has 1 aromatic heterocycles. The summed E-state index contributed by atoms with van der Waals surface area (Å²) < 4.78 is 5.40. The minimum Gasteiger partial charge on any atom is -0.446 e. The number of ether oxygens (including phenoxy) is 1. The summed E-state index contributed by atoms with van der Waals surface area (Å²) in [6.45, 7) is 2.36. The topological polar surface area (TPSA) is 127 Å². The largest absolute Gasteiger partial charge is 0.446 e. The fourth-order valence-electron chi connectivity index (χ4n) is 2.91. The van der Waals surface area contributed by atoms with E-state index in [-0.39, 0.29) is 17.0 Å². The maximum atomic E-state index is 12.7. The van der Waals surface area contributed by atoms with E-state index in [0.29, 0.717) is 11.7 Å². The van der Waals surface area contributed by atoms with E-state index in [1.54, 1.807) is 6.07 Å². The van der Waals surface area contributed by atoms with E-state index in [2.05, 4.69) is 15.3 Å². The number of imidazole rings is 1. The van der Waals surface area contributed by atoms with Crippen LogP contribution in [0.2, 0.25) is 0 Å². The Kier molecular flexibility index (Phi) is 7.60. The van der Waals surface area contributed by atoms with Gasteiger partial charge in [-0.2, -0.15) is 0 Å². The molecule has 2 N–H and O–H groups in total. The van der Waals surface area contributed by atoms with Crippen molar-refractivity contribution in [3.8, 4) is 0 Å². The first-order valence-electron chi connectivity index (χ1n) is 9.77. The van der Waals surface area contributed by atoms with Crippen LogP contribution in [-0.4, -0.2) is 39.1 Å². The van der Waals surface area contributed by atoms with Crippen molar-refractivity contribution in [2.75, 3.05) is 12.3 Å². The molecule has 0 aliphatic heterocycles. The second-order valence-electron chi connectivity index (χ2n) is 6.68. The number of aromatic nitrogens is 2. The second-order valence-corrected chi connectivity index (χ2v) is 7.64. The van der Waals surface area contributed by atoms with Crippen molar-refractivity contribution >= 4 is 40.4 Å². The van der Waals surface area contributed by atoms with Gasteiger partial charge < -0.3 is 15.0 Å². The highest BCUT2D eigenvalue weighted by atomic mass is 32.2. The number of nitro groups is 1. The van der Waals surface area contributed by atoms with Crippen molar-refractivity contribution in [2.24, 2.45) is 0 Å². The van der Waals surface area contributed by atoms with Crippen molar-refractivity contribution in [2.45, 2.75) is 31.0 Å². The second kappa shape index (κ2) is 10.6. The summed E-state index contributed by atoms with van der Waals surface area (Å²) in [6, 6.07) is 13.2. The predicted octanol–water partition coefficient (Wildman–Crippen LogP) is 3.76. The van der Waals surface area contributed by atoms with Crippen molar-refractivity contribution in [1.29, 1.82) is 0 Å². The normalized spacial score (nSPS) is 11.8. The maximum Gasteiger partial charge on any atom is 0.317 e. The molecule has 31 heavy (non-hydrogen) atoms. The third kappa shape index (κ3) is 5.82. The first-order valence-corrected chi connectivity index (χ1v) is 10.8. The quantitative estimate of drug-likeness (QED) is 0.161. The molecule has 2 aromatic carbocycles. The number of nitrogens with one attached hydrogen (secondary N) is 2. The third-order valence-electron chi connectivity index (χ3n) is 4.43. The highest BCUT2D eigenvalue weighted by Gasteiger charge is 2.31. The van der Waals surface area contributed by atoms with E-state index in [4.69, 9.17) is 4.74 Å². The van der Waals surface area contributed by atoms with Gasteiger partial charge in [-0.1, -0.05) is 49.4 Å². The molecular formula is C21H22N4O5S. The number of H-pyrrole nitrogens is 1. The lowest BCUT2D eigenvalue weighted by Crippen LogP contribution is -2.33.